The summed E-state index contributed by atoms with van der Waals surface area (Å²) in [6, 6.07) is 17.1. The summed E-state index contributed by atoms with van der Waals surface area (Å²) in [6.07, 6.45) is 5.52. The Labute approximate surface area is 161 Å². The summed E-state index contributed by atoms with van der Waals surface area (Å²) in [5.74, 6) is 0.0358. The molecule has 4 nitrogen and oxygen atoms in total. The van der Waals surface area contributed by atoms with E-state index < -0.39 is 6.10 Å². The van der Waals surface area contributed by atoms with Gasteiger partial charge in [-0.2, -0.15) is 0 Å². The first kappa shape index (κ1) is 18.2. The van der Waals surface area contributed by atoms with Gasteiger partial charge in [-0.15, -0.1) is 0 Å². The number of anilines is 1. The lowest BCUT2D eigenvalue weighted by molar-refractivity contribution is -0.115. The summed E-state index contributed by atoms with van der Waals surface area (Å²) in [4.78, 5) is 14.1. The van der Waals surface area contributed by atoms with E-state index in [0.29, 0.717) is 12.5 Å². The molecule has 0 radical (unpaired) electrons. The molecule has 2 atom stereocenters. The van der Waals surface area contributed by atoms with Gasteiger partial charge in [-0.05, 0) is 55.0 Å². The summed E-state index contributed by atoms with van der Waals surface area (Å²) < 4.78 is 0. The summed E-state index contributed by atoms with van der Waals surface area (Å²) >= 11 is 0. The zero-order valence-corrected chi connectivity index (χ0v) is 15.7. The lowest BCUT2D eigenvalue weighted by Gasteiger charge is -2.36. The number of rotatable bonds is 6. The van der Waals surface area contributed by atoms with Crippen molar-refractivity contribution in [1.29, 1.82) is 0 Å². The number of aliphatic hydroxyl groups excluding tert-OH is 1. The molecule has 2 aromatic carbocycles. The average molecular weight is 364 g/mol. The van der Waals surface area contributed by atoms with Crippen molar-refractivity contribution in [3.05, 3.63) is 65.2 Å². The predicted octanol–water partition coefficient (Wildman–Crippen LogP) is 3.70. The molecular weight excluding hydrogens is 336 g/mol. The SMILES string of the molecule is O=C1Cc2cc(C(O)CCN3CCCC[C@@H]3Cc3ccccc3)ccc2N1. The number of fused-ring (bicyclic) bond motifs is 1. The first-order chi connectivity index (χ1) is 13.2. The zero-order valence-electron chi connectivity index (χ0n) is 15.7. The van der Waals surface area contributed by atoms with Crippen molar-refractivity contribution in [2.45, 2.75) is 50.7 Å². The van der Waals surface area contributed by atoms with Gasteiger partial charge in [0.1, 0.15) is 0 Å². The van der Waals surface area contributed by atoms with Gasteiger partial charge in [-0.3, -0.25) is 9.69 Å². The Morgan fingerprint density at radius 2 is 2.00 bits per heavy atom. The number of benzene rings is 2. The molecular formula is C23H28N2O2. The highest BCUT2D eigenvalue weighted by Crippen LogP contribution is 2.28. The second-order valence-corrected chi connectivity index (χ2v) is 7.82. The minimum atomic E-state index is -0.481. The third-order valence-corrected chi connectivity index (χ3v) is 5.89. The fraction of sp³-hybridized carbons (Fsp3) is 0.435. The van der Waals surface area contributed by atoms with Gasteiger partial charge in [0, 0.05) is 18.3 Å². The maximum atomic E-state index is 11.5. The number of piperidine rings is 1. The number of aliphatic hydroxyl groups is 1. The van der Waals surface area contributed by atoms with Gasteiger partial charge in [0.15, 0.2) is 0 Å². The fourth-order valence-corrected chi connectivity index (χ4v) is 4.38. The van der Waals surface area contributed by atoms with Crippen molar-refractivity contribution in [2.75, 3.05) is 18.4 Å². The monoisotopic (exact) mass is 364 g/mol. The van der Waals surface area contributed by atoms with Crippen molar-refractivity contribution in [3.8, 4) is 0 Å². The lowest BCUT2D eigenvalue weighted by atomic mass is 9.94. The number of amides is 1. The minimum absolute atomic E-state index is 0.0358. The van der Waals surface area contributed by atoms with Crippen molar-refractivity contribution in [2.24, 2.45) is 0 Å². The summed E-state index contributed by atoms with van der Waals surface area (Å²) in [5.41, 5.74) is 4.19. The number of carbonyl (C=O) groups excluding carboxylic acids is 1. The largest absolute Gasteiger partial charge is 0.388 e. The topological polar surface area (TPSA) is 52.6 Å². The molecule has 1 amide bonds. The summed E-state index contributed by atoms with van der Waals surface area (Å²) in [7, 11) is 0. The van der Waals surface area contributed by atoms with Crippen molar-refractivity contribution < 1.29 is 9.90 Å². The van der Waals surface area contributed by atoms with Crippen LogP contribution in [0.1, 0.15) is 48.5 Å². The van der Waals surface area contributed by atoms with Gasteiger partial charge >= 0.3 is 0 Å². The molecule has 2 aliphatic heterocycles. The quantitative estimate of drug-likeness (QED) is 0.822. The Morgan fingerprint density at radius 3 is 2.85 bits per heavy atom. The molecule has 1 saturated heterocycles. The van der Waals surface area contributed by atoms with E-state index in [9.17, 15) is 9.90 Å². The van der Waals surface area contributed by atoms with E-state index in [1.165, 1.54) is 24.8 Å². The molecule has 2 N–H and O–H groups in total. The molecule has 0 aliphatic carbocycles. The molecule has 2 aromatic rings. The van der Waals surface area contributed by atoms with Crippen LogP contribution in [-0.2, 0) is 17.6 Å². The predicted molar refractivity (Wildman–Crippen MR) is 108 cm³/mol. The highest BCUT2D eigenvalue weighted by molar-refractivity contribution is 5.99. The lowest BCUT2D eigenvalue weighted by Crippen LogP contribution is -2.41. The first-order valence-corrected chi connectivity index (χ1v) is 10.1. The molecule has 1 fully saturated rings. The third kappa shape index (κ3) is 4.40. The maximum Gasteiger partial charge on any atom is 0.228 e. The molecule has 0 saturated carbocycles. The van der Waals surface area contributed by atoms with Crippen molar-refractivity contribution >= 4 is 11.6 Å². The van der Waals surface area contributed by atoms with Crippen LogP contribution in [0.5, 0.6) is 0 Å². The van der Waals surface area contributed by atoms with E-state index in [2.05, 4.69) is 40.5 Å². The number of nitrogens with one attached hydrogen (secondary N) is 1. The van der Waals surface area contributed by atoms with Gasteiger partial charge in [-0.1, -0.05) is 48.9 Å². The van der Waals surface area contributed by atoms with Crippen LogP contribution in [-0.4, -0.2) is 35.0 Å². The Morgan fingerprint density at radius 1 is 1.15 bits per heavy atom. The molecule has 2 aliphatic rings. The molecule has 0 aromatic heterocycles. The van der Waals surface area contributed by atoms with Crippen LogP contribution in [0.2, 0.25) is 0 Å². The van der Waals surface area contributed by atoms with E-state index in [4.69, 9.17) is 0 Å². The summed E-state index contributed by atoms with van der Waals surface area (Å²) in [5, 5.41) is 13.5. The standard InChI is InChI=1S/C23H28N2O2/c26-22(18-9-10-21-19(15-18)16-23(27)24-21)11-13-25-12-5-4-8-20(25)14-17-6-2-1-3-7-17/h1-3,6-7,9-10,15,20,22,26H,4-5,8,11-14,16H2,(H,24,27)/t20-,22?/m1/s1. The number of hydrogen-bond donors (Lipinski definition) is 2. The Balaban J connectivity index is 1.36. The second kappa shape index (κ2) is 8.24. The third-order valence-electron chi connectivity index (χ3n) is 5.89. The molecule has 4 heteroatoms. The van der Waals surface area contributed by atoms with Crippen LogP contribution in [0.15, 0.2) is 48.5 Å². The molecule has 2 heterocycles. The van der Waals surface area contributed by atoms with Crippen LogP contribution in [0, 0.1) is 0 Å². The van der Waals surface area contributed by atoms with Gasteiger partial charge < -0.3 is 10.4 Å². The van der Waals surface area contributed by atoms with Crippen molar-refractivity contribution in [3.63, 3.8) is 0 Å². The van der Waals surface area contributed by atoms with Crippen molar-refractivity contribution in [1.82, 2.24) is 4.90 Å². The van der Waals surface area contributed by atoms with Crippen LogP contribution in [0.25, 0.3) is 0 Å². The molecule has 1 unspecified atom stereocenters. The zero-order chi connectivity index (χ0) is 18.6. The minimum Gasteiger partial charge on any atom is -0.388 e. The van der Waals surface area contributed by atoms with E-state index in [0.717, 1.165) is 42.7 Å². The molecule has 0 bridgehead atoms. The molecule has 0 spiro atoms. The fourth-order valence-electron chi connectivity index (χ4n) is 4.38. The number of likely N-dealkylation sites (tertiary alicyclic amines) is 1. The Kier molecular flexibility index (Phi) is 5.55. The normalized spacial score (nSPS) is 20.9. The molecule has 4 rings (SSSR count). The maximum absolute atomic E-state index is 11.5. The molecule has 142 valence electrons. The van der Waals surface area contributed by atoms with E-state index >= 15 is 0 Å². The van der Waals surface area contributed by atoms with E-state index in [-0.39, 0.29) is 5.91 Å². The average Bonchev–Trinajstić information content (AvgIpc) is 3.07. The smallest absolute Gasteiger partial charge is 0.228 e. The van der Waals surface area contributed by atoms with E-state index in [1.54, 1.807) is 0 Å². The van der Waals surface area contributed by atoms with Crippen LogP contribution in [0.3, 0.4) is 0 Å². The highest BCUT2D eigenvalue weighted by atomic mass is 16.3. The Hall–Kier alpha value is -2.17. The number of nitrogens with zero attached hydrogens (tertiary/aromatic N) is 1. The van der Waals surface area contributed by atoms with E-state index in [1.807, 2.05) is 18.2 Å². The van der Waals surface area contributed by atoms with Crippen LogP contribution in [0.4, 0.5) is 5.69 Å². The highest BCUT2D eigenvalue weighted by Gasteiger charge is 2.24. The molecule has 27 heavy (non-hydrogen) atoms. The Bertz CT molecular complexity index is 790. The number of carbonyl (C=O) groups is 1. The second-order valence-electron chi connectivity index (χ2n) is 7.82. The van der Waals surface area contributed by atoms with Gasteiger partial charge in [-0.25, -0.2) is 0 Å². The van der Waals surface area contributed by atoms with Gasteiger partial charge in [0.05, 0.1) is 12.5 Å². The van der Waals surface area contributed by atoms with Gasteiger partial charge in [0.2, 0.25) is 5.91 Å². The van der Waals surface area contributed by atoms with Crippen LogP contribution < -0.4 is 5.32 Å². The van der Waals surface area contributed by atoms with Gasteiger partial charge in [0.25, 0.3) is 0 Å². The summed E-state index contributed by atoms with van der Waals surface area (Å²) in [6.45, 7) is 2.03. The first-order valence-electron chi connectivity index (χ1n) is 10.1. The van der Waals surface area contributed by atoms with Crippen LogP contribution >= 0.6 is 0 Å². The number of hydrogen-bond acceptors (Lipinski definition) is 3.